The predicted molar refractivity (Wildman–Crippen MR) is 69.7 cm³/mol. The molecule has 17 heavy (non-hydrogen) atoms. The Labute approximate surface area is 102 Å². The number of rotatable bonds is 3. The van der Waals surface area contributed by atoms with Crippen molar-refractivity contribution in [3.63, 3.8) is 0 Å². The third kappa shape index (κ3) is 2.95. The molecule has 0 aliphatic rings. The Hall–Kier alpha value is -2.07. The molecule has 0 aromatic heterocycles. The first-order valence-electron chi connectivity index (χ1n) is 5.79. The summed E-state index contributed by atoms with van der Waals surface area (Å²) in [6.07, 6.45) is 0.778. The van der Waals surface area contributed by atoms with Gasteiger partial charge in [0.25, 0.3) is 0 Å². The van der Waals surface area contributed by atoms with Crippen LogP contribution in [0.15, 0.2) is 54.6 Å². The quantitative estimate of drug-likeness (QED) is 0.772. The maximum Gasteiger partial charge on any atom is 0.0753 e. The topological polar surface area (TPSA) is 23.8 Å². The first kappa shape index (κ1) is 11.4. The summed E-state index contributed by atoms with van der Waals surface area (Å²) in [7, 11) is 0. The number of hydrogen-bond donors (Lipinski definition) is 0. The Balaban J connectivity index is 2.18. The normalized spacial score (nSPS) is 11.8. The van der Waals surface area contributed by atoms with Gasteiger partial charge < -0.3 is 0 Å². The summed E-state index contributed by atoms with van der Waals surface area (Å²) in [6.45, 7) is 2.06. The van der Waals surface area contributed by atoms with E-state index in [0.717, 1.165) is 12.0 Å². The summed E-state index contributed by atoms with van der Waals surface area (Å²) in [5.41, 5.74) is 3.53. The summed E-state index contributed by atoms with van der Waals surface area (Å²) < 4.78 is 0. The molecular formula is C16H15N. The summed E-state index contributed by atoms with van der Waals surface area (Å²) in [5.74, 6) is -0.0574. The highest BCUT2D eigenvalue weighted by Gasteiger charge is 2.10. The van der Waals surface area contributed by atoms with Crippen LogP contribution in [0.5, 0.6) is 0 Å². The van der Waals surface area contributed by atoms with Crippen LogP contribution in [0, 0.1) is 18.3 Å². The van der Waals surface area contributed by atoms with E-state index < -0.39 is 0 Å². The fourth-order valence-corrected chi connectivity index (χ4v) is 1.89. The zero-order valence-corrected chi connectivity index (χ0v) is 9.93. The molecule has 0 saturated heterocycles. The van der Waals surface area contributed by atoms with Crippen LogP contribution >= 0.6 is 0 Å². The second kappa shape index (κ2) is 5.32. The van der Waals surface area contributed by atoms with Crippen molar-refractivity contribution < 1.29 is 0 Å². The van der Waals surface area contributed by atoms with Crippen molar-refractivity contribution in [2.75, 3.05) is 0 Å². The lowest BCUT2D eigenvalue weighted by Crippen LogP contribution is -2.00. The van der Waals surface area contributed by atoms with Crippen LogP contribution < -0.4 is 0 Å². The molecule has 1 heteroatoms. The van der Waals surface area contributed by atoms with Crippen LogP contribution in [0.2, 0.25) is 0 Å². The van der Waals surface area contributed by atoms with Crippen molar-refractivity contribution in [1.82, 2.24) is 0 Å². The van der Waals surface area contributed by atoms with E-state index >= 15 is 0 Å². The highest BCUT2D eigenvalue weighted by atomic mass is 14.3. The minimum atomic E-state index is -0.0574. The SMILES string of the molecule is Cc1ccc(C(C#N)Cc2ccccc2)cc1. The van der Waals surface area contributed by atoms with E-state index in [1.807, 2.05) is 30.3 Å². The van der Waals surface area contributed by atoms with E-state index in [0.29, 0.717) is 0 Å². The average Bonchev–Trinajstić information content (AvgIpc) is 2.38. The first-order chi connectivity index (χ1) is 8.29. The van der Waals surface area contributed by atoms with Crippen LogP contribution in [0.3, 0.4) is 0 Å². The fourth-order valence-electron chi connectivity index (χ4n) is 1.89. The molecule has 0 bridgehead atoms. The molecule has 0 aliphatic carbocycles. The van der Waals surface area contributed by atoms with Crippen LogP contribution in [0.25, 0.3) is 0 Å². The van der Waals surface area contributed by atoms with Crippen LogP contribution in [0.1, 0.15) is 22.6 Å². The third-order valence-corrected chi connectivity index (χ3v) is 2.92. The van der Waals surface area contributed by atoms with Crippen molar-refractivity contribution in [2.24, 2.45) is 0 Å². The summed E-state index contributed by atoms with van der Waals surface area (Å²) in [5, 5.41) is 9.26. The van der Waals surface area contributed by atoms with Gasteiger partial charge in [0.05, 0.1) is 12.0 Å². The van der Waals surface area contributed by atoms with Gasteiger partial charge in [0, 0.05) is 0 Å². The van der Waals surface area contributed by atoms with Gasteiger partial charge in [0.2, 0.25) is 0 Å². The fraction of sp³-hybridized carbons (Fsp3) is 0.188. The van der Waals surface area contributed by atoms with Gasteiger partial charge in [-0.2, -0.15) is 5.26 Å². The molecule has 0 heterocycles. The maximum atomic E-state index is 9.26. The maximum absolute atomic E-state index is 9.26. The Morgan fingerprint density at radius 2 is 1.65 bits per heavy atom. The molecule has 84 valence electrons. The molecule has 0 amide bonds. The lowest BCUT2D eigenvalue weighted by Gasteiger charge is -2.09. The Bertz CT molecular complexity index is 505. The lowest BCUT2D eigenvalue weighted by atomic mass is 9.93. The van der Waals surface area contributed by atoms with Gasteiger partial charge in [-0.1, -0.05) is 60.2 Å². The van der Waals surface area contributed by atoms with Gasteiger partial charge >= 0.3 is 0 Å². The van der Waals surface area contributed by atoms with Crippen LogP contribution in [-0.2, 0) is 6.42 Å². The van der Waals surface area contributed by atoms with Gasteiger partial charge in [-0.3, -0.25) is 0 Å². The Kier molecular flexibility index (Phi) is 3.57. The molecule has 1 nitrogen and oxygen atoms in total. The molecule has 0 fully saturated rings. The van der Waals surface area contributed by atoms with Gasteiger partial charge in [-0.05, 0) is 24.5 Å². The standard InChI is InChI=1S/C16H15N/c1-13-7-9-15(10-8-13)16(12-17)11-14-5-3-2-4-6-14/h2-10,16H,11H2,1H3. The first-order valence-corrected chi connectivity index (χ1v) is 5.79. The monoisotopic (exact) mass is 221 g/mol. The molecule has 2 rings (SSSR count). The van der Waals surface area contributed by atoms with Crippen molar-refractivity contribution in [3.05, 3.63) is 71.3 Å². The molecule has 0 saturated carbocycles. The largest absolute Gasteiger partial charge is 0.198 e. The Morgan fingerprint density at radius 1 is 1.00 bits per heavy atom. The molecule has 2 aromatic rings. The van der Waals surface area contributed by atoms with E-state index in [4.69, 9.17) is 0 Å². The zero-order valence-electron chi connectivity index (χ0n) is 9.93. The predicted octanol–water partition coefficient (Wildman–Crippen LogP) is 3.84. The molecule has 2 aromatic carbocycles. The molecule has 0 radical (unpaired) electrons. The Morgan fingerprint density at radius 3 is 2.24 bits per heavy atom. The summed E-state index contributed by atoms with van der Waals surface area (Å²) >= 11 is 0. The molecule has 0 N–H and O–H groups in total. The van der Waals surface area contributed by atoms with E-state index in [1.165, 1.54) is 11.1 Å². The highest BCUT2D eigenvalue weighted by Crippen LogP contribution is 2.20. The number of aryl methyl sites for hydroxylation is 1. The van der Waals surface area contributed by atoms with E-state index in [-0.39, 0.29) is 5.92 Å². The molecule has 0 aliphatic heterocycles. The highest BCUT2D eigenvalue weighted by molar-refractivity contribution is 5.30. The van der Waals surface area contributed by atoms with Gasteiger partial charge in [0.1, 0.15) is 0 Å². The second-order valence-electron chi connectivity index (χ2n) is 4.28. The minimum absolute atomic E-state index is 0.0574. The smallest absolute Gasteiger partial charge is 0.0753 e. The molecule has 1 unspecified atom stereocenters. The van der Waals surface area contributed by atoms with Crippen molar-refractivity contribution >= 4 is 0 Å². The molecule has 1 atom stereocenters. The number of nitrogens with zero attached hydrogens (tertiary/aromatic N) is 1. The zero-order chi connectivity index (χ0) is 12.1. The van der Waals surface area contributed by atoms with Crippen LogP contribution in [0.4, 0.5) is 0 Å². The average molecular weight is 221 g/mol. The van der Waals surface area contributed by atoms with E-state index in [1.54, 1.807) is 0 Å². The molecular weight excluding hydrogens is 206 g/mol. The van der Waals surface area contributed by atoms with Gasteiger partial charge in [0.15, 0.2) is 0 Å². The molecule has 0 spiro atoms. The van der Waals surface area contributed by atoms with Crippen LogP contribution in [-0.4, -0.2) is 0 Å². The third-order valence-electron chi connectivity index (χ3n) is 2.92. The number of benzene rings is 2. The number of nitriles is 1. The van der Waals surface area contributed by atoms with Gasteiger partial charge in [-0.25, -0.2) is 0 Å². The van der Waals surface area contributed by atoms with Crippen molar-refractivity contribution in [3.8, 4) is 6.07 Å². The minimum Gasteiger partial charge on any atom is -0.198 e. The van der Waals surface area contributed by atoms with E-state index in [2.05, 4.69) is 37.3 Å². The lowest BCUT2D eigenvalue weighted by molar-refractivity contribution is 0.848. The van der Waals surface area contributed by atoms with E-state index in [9.17, 15) is 5.26 Å². The summed E-state index contributed by atoms with van der Waals surface area (Å²) in [6, 6.07) is 20.8. The van der Waals surface area contributed by atoms with Gasteiger partial charge in [-0.15, -0.1) is 0 Å². The number of hydrogen-bond acceptors (Lipinski definition) is 1. The summed E-state index contributed by atoms with van der Waals surface area (Å²) in [4.78, 5) is 0. The van der Waals surface area contributed by atoms with Crippen molar-refractivity contribution in [1.29, 1.82) is 5.26 Å². The van der Waals surface area contributed by atoms with Crippen molar-refractivity contribution in [2.45, 2.75) is 19.3 Å². The second-order valence-corrected chi connectivity index (χ2v) is 4.28.